The first-order valence-electron chi connectivity index (χ1n) is 7.82. The van der Waals surface area contributed by atoms with Crippen molar-refractivity contribution in [3.63, 3.8) is 0 Å². The van der Waals surface area contributed by atoms with Gasteiger partial charge in [-0.1, -0.05) is 12.1 Å². The highest BCUT2D eigenvalue weighted by Gasteiger charge is 2.19. The Morgan fingerprint density at radius 2 is 1.80 bits per heavy atom. The zero-order chi connectivity index (χ0) is 18.0. The normalized spacial score (nSPS) is 12.5. The first kappa shape index (κ1) is 16.6. The molecule has 0 unspecified atom stereocenters. The maximum atomic E-state index is 12.2. The number of rotatable bonds is 5. The number of nitrogens with two attached hydrogens (primary N) is 1. The molecule has 2 aromatic carbocycles. The molecule has 0 radical (unpaired) electrons. The Morgan fingerprint density at radius 1 is 1.08 bits per heavy atom. The standard InChI is InChI=1S/C18H16N2O5/c19-15-7-6-14(9-16(15)20(23)24)18(22)25-10-17(21)13-5-4-11-2-1-3-12(11)8-13/h4-9H,1-3,10,19H2. The molecule has 1 aliphatic carbocycles. The Bertz CT molecular complexity index is 876. The summed E-state index contributed by atoms with van der Waals surface area (Å²) >= 11 is 0. The van der Waals surface area contributed by atoms with Crippen LogP contribution in [0.2, 0.25) is 0 Å². The van der Waals surface area contributed by atoms with Gasteiger partial charge in [-0.15, -0.1) is 0 Å². The van der Waals surface area contributed by atoms with Crippen molar-refractivity contribution >= 4 is 23.1 Å². The van der Waals surface area contributed by atoms with E-state index < -0.39 is 17.5 Å². The summed E-state index contributed by atoms with van der Waals surface area (Å²) in [6.07, 6.45) is 3.05. The minimum absolute atomic E-state index is 0.0253. The molecular weight excluding hydrogens is 324 g/mol. The molecule has 1 aliphatic rings. The third kappa shape index (κ3) is 3.50. The third-order valence-electron chi connectivity index (χ3n) is 4.22. The van der Waals surface area contributed by atoms with E-state index in [1.54, 1.807) is 6.07 Å². The summed E-state index contributed by atoms with van der Waals surface area (Å²) in [4.78, 5) is 34.4. The maximum Gasteiger partial charge on any atom is 0.338 e. The van der Waals surface area contributed by atoms with Crippen LogP contribution in [0, 0.1) is 10.1 Å². The lowest BCUT2D eigenvalue weighted by molar-refractivity contribution is -0.383. The van der Waals surface area contributed by atoms with Gasteiger partial charge in [0, 0.05) is 11.6 Å². The second-order valence-corrected chi connectivity index (χ2v) is 5.87. The molecule has 2 aromatic rings. The molecule has 0 saturated heterocycles. The van der Waals surface area contributed by atoms with E-state index in [9.17, 15) is 19.7 Å². The Hall–Kier alpha value is -3.22. The zero-order valence-electron chi connectivity index (χ0n) is 13.4. The summed E-state index contributed by atoms with van der Waals surface area (Å²) in [7, 11) is 0. The molecule has 0 heterocycles. The van der Waals surface area contributed by atoms with E-state index in [2.05, 4.69) is 0 Å². The van der Waals surface area contributed by atoms with E-state index in [-0.39, 0.29) is 22.7 Å². The largest absolute Gasteiger partial charge is 0.454 e. The molecule has 0 amide bonds. The second-order valence-electron chi connectivity index (χ2n) is 5.87. The van der Waals surface area contributed by atoms with Crippen molar-refractivity contribution in [2.24, 2.45) is 0 Å². The Labute approximate surface area is 143 Å². The van der Waals surface area contributed by atoms with Crippen molar-refractivity contribution in [2.75, 3.05) is 12.3 Å². The third-order valence-corrected chi connectivity index (χ3v) is 4.22. The number of aryl methyl sites for hydroxylation is 2. The number of ketones is 1. The number of carbonyl (C=O) groups is 2. The predicted molar refractivity (Wildman–Crippen MR) is 90.6 cm³/mol. The van der Waals surface area contributed by atoms with Gasteiger partial charge in [0.1, 0.15) is 5.69 Å². The fourth-order valence-electron chi connectivity index (χ4n) is 2.87. The van der Waals surface area contributed by atoms with E-state index in [1.165, 1.54) is 17.7 Å². The van der Waals surface area contributed by atoms with Crippen molar-refractivity contribution in [1.82, 2.24) is 0 Å². The van der Waals surface area contributed by atoms with Gasteiger partial charge in [0.2, 0.25) is 0 Å². The highest BCUT2D eigenvalue weighted by molar-refractivity contribution is 5.99. The van der Waals surface area contributed by atoms with Crippen LogP contribution in [0.4, 0.5) is 11.4 Å². The number of esters is 1. The van der Waals surface area contributed by atoms with Gasteiger partial charge in [-0.3, -0.25) is 14.9 Å². The monoisotopic (exact) mass is 340 g/mol. The molecule has 0 fully saturated rings. The van der Waals surface area contributed by atoms with Crippen LogP contribution in [0.5, 0.6) is 0 Å². The number of anilines is 1. The summed E-state index contributed by atoms with van der Waals surface area (Å²) in [6.45, 7) is -0.421. The molecule has 7 nitrogen and oxygen atoms in total. The summed E-state index contributed by atoms with van der Waals surface area (Å²) in [5.74, 6) is -1.12. The number of hydrogen-bond acceptors (Lipinski definition) is 6. The van der Waals surface area contributed by atoms with Crippen LogP contribution < -0.4 is 5.73 Å². The van der Waals surface area contributed by atoms with E-state index in [4.69, 9.17) is 10.5 Å². The van der Waals surface area contributed by atoms with Crippen molar-refractivity contribution in [3.05, 3.63) is 68.8 Å². The van der Waals surface area contributed by atoms with Crippen LogP contribution in [0.3, 0.4) is 0 Å². The molecule has 0 aliphatic heterocycles. The number of nitro benzene ring substituents is 1. The Balaban J connectivity index is 1.67. The molecule has 0 atom stereocenters. The van der Waals surface area contributed by atoms with Crippen molar-refractivity contribution in [2.45, 2.75) is 19.3 Å². The van der Waals surface area contributed by atoms with Crippen molar-refractivity contribution in [3.8, 4) is 0 Å². The number of nitro groups is 1. The van der Waals surface area contributed by atoms with Gasteiger partial charge in [0.15, 0.2) is 12.4 Å². The van der Waals surface area contributed by atoms with Crippen LogP contribution in [-0.2, 0) is 17.6 Å². The number of nitrogens with zero attached hydrogens (tertiary/aromatic N) is 1. The minimum Gasteiger partial charge on any atom is -0.454 e. The number of benzene rings is 2. The molecule has 3 rings (SSSR count). The average Bonchev–Trinajstić information content (AvgIpc) is 3.07. The minimum atomic E-state index is -0.808. The summed E-state index contributed by atoms with van der Waals surface area (Å²) in [5, 5.41) is 10.9. The molecule has 25 heavy (non-hydrogen) atoms. The van der Waals surface area contributed by atoms with Gasteiger partial charge in [-0.05, 0) is 48.6 Å². The molecule has 0 saturated carbocycles. The summed E-state index contributed by atoms with van der Waals surface area (Å²) < 4.78 is 4.99. The maximum absolute atomic E-state index is 12.2. The highest BCUT2D eigenvalue weighted by atomic mass is 16.6. The number of carbonyl (C=O) groups excluding carboxylic acids is 2. The van der Waals surface area contributed by atoms with Gasteiger partial charge in [-0.25, -0.2) is 4.79 Å². The molecule has 7 heteroatoms. The summed E-state index contributed by atoms with van der Waals surface area (Å²) in [6, 6.07) is 9.13. The number of ether oxygens (including phenoxy) is 1. The van der Waals surface area contributed by atoms with Gasteiger partial charge in [-0.2, -0.15) is 0 Å². The Kier molecular flexibility index (Phi) is 4.47. The first-order chi connectivity index (χ1) is 12.0. The second kappa shape index (κ2) is 6.72. The lowest BCUT2D eigenvalue weighted by atomic mass is 10.0. The number of hydrogen-bond donors (Lipinski definition) is 1. The predicted octanol–water partition coefficient (Wildman–Crippen LogP) is 2.71. The lowest BCUT2D eigenvalue weighted by Gasteiger charge is -2.07. The van der Waals surface area contributed by atoms with Crippen LogP contribution >= 0.6 is 0 Å². The zero-order valence-corrected chi connectivity index (χ0v) is 13.4. The van der Waals surface area contributed by atoms with Crippen LogP contribution in [0.25, 0.3) is 0 Å². The average molecular weight is 340 g/mol. The molecule has 0 spiro atoms. The number of Topliss-reactive ketones (excluding diaryl/α,β-unsaturated/α-hetero) is 1. The fraction of sp³-hybridized carbons (Fsp3) is 0.222. The molecule has 0 bridgehead atoms. The number of nitrogen functional groups attached to an aromatic ring is 1. The van der Waals surface area contributed by atoms with E-state index >= 15 is 0 Å². The topological polar surface area (TPSA) is 113 Å². The van der Waals surface area contributed by atoms with Gasteiger partial charge in [0.25, 0.3) is 5.69 Å². The van der Waals surface area contributed by atoms with Gasteiger partial charge < -0.3 is 10.5 Å². The van der Waals surface area contributed by atoms with Gasteiger partial charge >= 0.3 is 5.97 Å². The molecule has 128 valence electrons. The van der Waals surface area contributed by atoms with Crippen molar-refractivity contribution < 1.29 is 19.2 Å². The van der Waals surface area contributed by atoms with Gasteiger partial charge in [0.05, 0.1) is 10.5 Å². The quantitative estimate of drug-likeness (QED) is 0.294. The summed E-state index contributed by atoms with van der Waals surface area (Å²) in [5.41, 5.74) is 7.95. The SMILES string of the molecule is Nc1ccc(C(=O)OCC(=O)c2ccc3c(c2)CCC3)cc1[N+](=O)[O-]. The molecular formula is C18H16N2O5. The van der Waals surface area contributed by atoms with Crippen LogP contribution in [0.15, 0.2) is 36.4 Å². The van der Waals surface area contributed by atoms with Crippen LogP contribution in [-0.4, -0.2) is 23.3 Å². The molecule has 0 aromatic heterocycles. The van der Waals surface area contributed by atoms with E-state index in [0.717, 1.165) is 30.9 Å². The number of fused-ring (bicyclic) bond motifs is 1. The van der Waals surface area contributed by atoms with E-state index in [1.807, 2.05) is 12.1 Å². The van der Waals surface area contributed by atoms with Crippen molar-refractivity contribution in [1.29, 1.82) is 0 Å². The fourth-order valence-corrected chi connectivity index (χ4v) is 2.87. The molecule has 2 N–H and O–H groups in total. The smallest absolute Gasteiger partial charge is 0.338 e. The first-order valence-corrected chi connectivity index (χ1v) is 7.82. The highest BCUT2D eigenvalue weighted by Crippen LogP contribution is 2.24. The Morgan fingerprint density at radius 3 is 2.56 bits per heavy atom. The van der Waals surface area contributed by atoms with Crippen LogP contribution in [0.1, 0.15) is 38.3 Å². The lowest BCUT2D eigenvalue weighted by Crippen LogP contribution is -2.15. The van der Waals surface area contributed by atoms with E-state index in [0.29, 0.717) is 5.56 Å².